The maximum atomic E-state index is 11.9. The summed E-state index contributed by atoms with van der Waals surface area (Å²) in [5.74, 6) is -0.151. The molecule has 2 rings (SSSR count). The van der Waals surface area contributed by atoms with Crippen molar-refractivity contribution in [2.75, 3.05) is 0 Å². The number of halogens is 2. The summed E-state index contributed by atoms with van der Waals surface area (Å²) in [6.07, 6.45) is 2.94. The minimum atomic E-state index is -0.138. The summed E-state index contributed by atoms with van der Waals surface area (Å²) in [6.45, 7) is 0. The molecule has 0 radical (unpaired) electrons. The van der Waals surface area contributed by atoms with Crippen molar-refractivity contribution in [1.29, 1.82) is 0 Å². The Bertz CT molecular complexity index is 611. The molecule has 0 aliphatic rings. The summed E-state index contributed by atoms with van der Waals surface area (Å²) in [4.78, 5) is 11.9. The van der Waals surface area contributed by atoms with Gasteiger partial charge in [0.2, 0.25) is 0 Å². The van der Waals surface area contributed by atoms with Crippen molar-refractivity contribution in [2.45, 2.75) is 0 Å². The summed E-state index contributed by atoms with van der Waals surface area (Å²) in [5.41, 5.74) is 1.09. The van der Waals surface area contributed by atoms with E-state index in [2.05, 4.69) is 0 Å². The van der Waals surface area contributed by atoms with E-state index in [0.29, 0.717) is 21.2 Å². The number of rotatable bonds is 3. The molecule has 1 N–H and O–H groups in total. The number of phenolic OH excluding ortho intramolecular Hbond substituents is 1. The predicted octanol–water partition coefficient (Wildman–Crippen LogP) is 4.60. The number of allylic oxidation sites excluding steroid dienone is 1. The Kier molecular flexibility index (Phi) is 4.25. The van der Waals surface area contributed by atoms with Gasteiger partial charge in [-0.15, -0.1) is 0 Å². The second kappa shape index (κ2) is 5.91. The van der Waals surface area contributed by atoms with Crippen LogP contribution >= 0.6 is 23.2 Å². The van der Waals surface area contributed by atoms with E-state index >= 15 is 0 Å². The van der Waals surface area contributed by atoms with Gasteiger partial charge in [-0.25, -0.2) is 0 Å². The van der Waals surface area contributed by atoms with Crippen LogP contribution in [-0.2, 0) is 0 Å². The molecule has 0 spiro atoms. The lowest BCUT2D eigenvalue weighted by molar-refractivity contribution is 0.104. The molecule has 0 heterocycles. The van der Waals surface area contributed by atoms with Crippen LogP contribution in [0, 0.1) is 0 Å². The molecular weight excluding hydrogens is 283 g/mol. The van der Waals surface area contributed by atoms with Crippen LogP contribution in [0.2, 0.25) is 10.0 Å². The number of aromatic hydroxyl groups is 1. The highest BCUT2D eigenvalue weighted by molar-refractivity contribution is 6.37. The van der Waals surface area contributed by atoms with Gasteiger partial charge in [0.1, 0.15) is 5.75 Å². The van der Waals surface area contributed by atoms with Crippen LogP contribution in [-0.4, -0.2) is 10.9 Å². The van der Waals surface area contributed by atoms with Crippen molar-refractivity contribution >= 4 is 35.1 Å². The number of benzene rings is 2. The summed E-state index contributed by atoms with van der Waals surface area (Å²) < 4.78 is 0. The van der Waals surface area contributed by atoms with Gasteiger partial charge >= 0.3 is 0 Å². The SMILES string of the molecule is O=C(C=Cc1c(Cl)cc(O)cc1Cl)c1ccccc1. The van der Waals surface area contributed by atoms with Crippen molar-refractivity contribution in [3.63, 3.8) is 0 Å². The molecule has 0 atom stereocenters. The number of hydrogen-bond donors (Lipinski definition) is 1. The molecule has 4 heteroatoms. The van der Waals surface area contributed by atoms with Crippen LogP contribution in [0.3, 0.4) is 0 Å². The number of ketones is 1. The molecule has 0 amide bonds. The monoisotopic (exact) mass is 292 g/mol. The van der Waals surface area contributed by atoms with Gasteiger partial charge in [-0.05, 0) is 24.3 Å². The molecule has 2 aromatic carbocycles. The Morgan fingerprint density at radius 3 is 2.21 bits per heavy atom. The van der Waals surface area contributed by atoms with Gasteiger partial charge < -0.3 is 5.11 Å². The summed E-state index contributed by atoms with van der Waals surface area (Å²) >= 11 is 11.9. The highest BCUT2D eigenvalue weighted by Crippen LogP contribution is 2.30. The maximum Gasteiger partial charge on any atom is 0.185 e. The molecule has 0 saturated carbocycles. The Balaban J connectivity index is 2.27. The zero-order valence-corrected chi connectivity index (χ0v) is 11.3. The lowest BCUT2D eigenvalue weighted by Gasteiger charge is -2.02. The predicted molar refractivity (Wildman–Crippen MR) is 77.9 cm³/mol. The van der Waals surface area contributed by atoms with E-state index < -0.39 is 0 Å². The molecule has 0 aliphatic carbocycles. The average molecular weight is 293 g/mol. The van der Waals surface area contributed by atoms with Crippen LogP contribution in [0.4, 0.5) is 0 Å². The average Bonchev–Trinajstić information content (AvgIpc) is 2.38. The number of phenols is 1. The number of hydrogen-bond acceptors (Lipinski definition) is 2. The smallest absolute Gasteiger partial charge is 0.185 e. The zero-order valence-electron chi connectivity index (χ0n) is 9.81. The van der Waals surface area contributed by atoms with E-state index in [1.54, 1.807) is 30.3 Å². The Hall–Kier alpha value is -1.77. The third-order valence-electron chi connectivity index (χ3n) is 2.52. The molecule has 96 valence electrons. The van der Waals surface area contributed by atoms with E-state index in [0.717, 1.165) is 0 Å². The first-order valence-electron chi connectivity index (χ1n) is 5.53. The molecule has 0 unspecified atom stereocenters. The summed E-state index contributed by atoms with van der Waals surface area (Å²) in [7, 11) is 0. The van der Waals surface area contributed by atoms with Crippen LogP contribution in [0.5, 0.6) is 5.75 Å². The summed E-state index contributed by atoms with van der Waals surface area (Å²) in [6, 6.07) is 11.6. The molecule has 0 fully saturated rings. The van der Waals surface area contributed by atoms with E-state index in [9.17, 15) is 9.90 Å². The first-order chi connectivity index (χ1) is 9.08. The maximum absolute atomic E-state index is 11.9. The van der Waals surface area contributed by atoms with E-state index in [4.69, 9.17) is 23.2 Å². The second-order valence-electron chi connectivity index (χ2n) is 3.89. The third kappa shape index (κ3) is 3.37. The largest absolute Gasteiger partial charge is 0.508 e. The molecular formula is C15H10Cl2O2. The fraction of sp³-hybridized carbons (Fsp3) is 0. The molecule has 2 nitrogen and oxygen atoms in total. The Morgan fingerprint density at radius 1 is 1.05 bits per heavy atom. The van der Waals surface area contributed by atoms with Crippen LogP contribution in [0.15, 0.2) is 48.5 Å². The van der Waals surface area contributed by atoms with E-state index in [1.165, 1.54) is 18.2 Å². The van der Waals surface area contributed by atoms with Gasteiger partial charge in [-0.1, -0.05) is 53.5 Å². The highest BCUT2D eigenvalue weighted by Gasteiger charge is 2.06. The fourth-order valence-corrected chi connectivity index (χ4v) is 2.19. The molecule has 0 saturated heterocycles. The van der Waals surface area contributed by atoms with Crippen molar-refractivity contribution < 1.29 is 9.90 Å². The van der Waals surface area contributed by atoms with Crippen molar-refractivity contribution in [3.05, 3.63) is 69.7 Å². The minimum Gasteiger partial charge on any atom is -0.508 e. The quantitative estimate of drug-likeness (QED) is 0.663. The Morgan fingerprint density at radius 2 is 1.63 bits per heavy atom. The molecule has 2 aromatic rings. The van der Waals surface area contributed by atoms with Gasteiger partial charge in [-0.2, -0.15) is 0 Å². The standard InChI is InChI=1S/C15H10Cl2O2/c16-13-8-11(18)9-14(17)12(13)6-7-15(19)10-4-2-1-3-5-10/h1-9,18H. The van der Waals surface area contributed by atoms with Gasteiger partial charge in [0.15, 0.2) is 5.78 Å². The summed E-state index contributed by atoms with van der Waals surface area (Å²) in [5, 5.41) is 9.90. The normalized spacial score (nSPS) is 10.8. The topological polar surface area (TPSA) is 37.3 Å². The van der Waals surface area contributed by atoms with E-state index in [1.807, 2.05) is 6.07 Å². The first kappa shape index (κ1) is 13.7. The minimum absolute atomic E-state index is 0.0125. The van der Waals surface area contributed by atoms with Crippen molar-refractivity contribution in [1.82, 2.24) is 0 Å². The van der Waals surface area contributed by atoms with Gasteiger partial charge in [0.25, 0.3) is 0 Å². The fourth-order valence-electron chi connectivity index (χ4n) is 1.59. The van der Waals surface area contributed by atoms with Crippen molar-refractivity contribution in [3.8, 4) is 5.75 Å². The van der Waals surface area contributed by atoms with Crippen LogP contribution < -0.4 is 0 Å². The van der Waals surface area contributed by atoms with Crippen LogP contribution in [0.1, 0.15) is 15.9 Å². The van der Waals surface area contributed by atoms with Gasteiger partial charge in [-0.3, -0.25) is 4.79 Å². The lowest BCUT2D eigenvalue weighted by Crippen LogP contribution is -1.93. The number of carbonyl (C=O) groups is 1. The van der Waals surface area contributed by atoms with Crippen LogP contribution in [0.25, 0.3) is 6.08 Å². The van der Waals surface area contributed by atoms with Gasteiger partial charge in [0.05, 0.1) is 10.0 Å². The van der Waals surface area contributed by atoms with Crippen molar-refractivity contribution in [2.24, 2.45) is 0 Å². The third-order valence-corrected chi connectivity index (χ3v) is 3.15. The lowest BCUT2D eigenvalue weighted by atomic mass is 10.1. The highest BCUT2D eigenvalue weighted by atomic mass is 35.5. The van der Waals surface area contributed by atoms with E-state index in [-0.39, 0.29) is 11.5 Å². The molecule has 19 heavy (non-hydrogen) atoms. The molecule has 0 aliphatic heterocycles. The number of carbonyl (C=O) groups excluding carboxylic acids is 1. The zero-order chi connectivity index (χ0) is 13.8. The molecule has 0 aromatic heterocycles. The molecule has 0 bridgehead atoms. The Labute approximate surface area is 120 Å². The second-order valence-corrected chi connectivity index (χ2v) is 4.70. The first-order valence-corrected chi connectivity index (χ1v) is 6.29. The van der Waals surface area contributed by atoms with Gasteiger partial charge in [0, 0.05) is 11.1 Å².